The summed E-state index contributed by atoms with van der Waals surface area (Å²) in [6.45, 7) is 7.39. The molecular formula is C26H30F9N3O7S. The number of rotatable bonds is 6. The Bertz CT molecular complexity index is 1170. The third-order valence-corrected chi connectivity index (χ3v) is 7.20. The van der Waals surface area contributed by atoms with Crippen molar-refractivity contribution in [3.8, 4) is 0 Å². The number of ether oxygens (including phenoxy) is 1. The highest BCUT2D eigenvalue weighted by Crippen LogP contribution is 2.44. The molecule has 4 rings (SSSR count). The number of halogens is 9. The maximum atomic E-state index is 10.6. The summed E-state index contributed by atoms with van der Waals surface area (Å²) in [5, 5.41) is 25.8. The summed E-state index contributed by atoms with van der Waals surface area (Å²) in [4.78, 5) is 36.0. The van der Waals surface area contributed by atoms with Crippen LogP contribution in [0.15, 0.2) is 41.4 Å². The lowest BCUT2D eigenvalue weighted by Crippen LogP contribution is -2.36. The Balaban J connectivity index is 0.000000413. The Morgan fingerprint density at radius 2 is 1.48 bits per heavy atom. The zero-order valence-corrected chi connectivity index (χ0v) is 24.7. The van der Waals surface area contributed by atoms with Crippen molar-refractivity contribution in [2.75, 3.05) is 39.8 Å². The van der Waals surface area contributed by atoms with Crippen LogP contribution < -0.4 is 0 Å². The second-order valence-electron chi connectivity index (χ2n) is 10.1. The van der Waals surface area contributed by atoms with Crippen LogP contribution in [0.5, 0.6) is 0 Å². The predicted octanol–water partition coefficient (Wildman–Crippen LogP) is 5.01. The van der Waals surface area contributed by atoms with Crippen LogP contribution in [0.4, 0.5) is 39.5 Å². The molecule has 2 fully saturated rings. The van der Waals surface area contributed by atoms with Crippen LogP contribution in [0.2, 0.25) is 0 Å². The van der Waals surface area contributed by atoms with Crippen molar-refractivity contribution in [3.05, 3.63) is 52.5 Å². The van der Waals surface area contributed by atoms with E-state index in [1.54, 1.807) is 11.3 Å². The number of hydrogen-bond donors (Lipinski definition) is 3. The van der Waals surface area contributed by atoms with Crippen molar-refractivity contribution in [1.82, 2.24) is 14.8 Å². The number of carboxylic acids is 3. The fraction of sp³-hybridized carbons (Fsp3) is 0.538. The van der Waals surface area contributed by atoms with Gasteiger partial charge < -0.3 is 25.0 Å². The minimum Gasteiger partial charge on any atom is -0.475 e. The standard InChI is InChI=1S/C20H27N3OS.3C2HF3O2/c1-22-11-19(13-24-12-17-3-2-6-21-9-17)20(15-22)5-7-23(16-20)10-18-4-8-25-14-18;3*3-2(4,5)1(6)7/h2-4,6,8-9,14,19H,5,7,10-13,15-16H2,1H3;3*(H,6,7)/t19-,20-;;;/m1.../s1. The zero-order valence-electron chi connectivity index (χ0n) is 23.9. The lowest BCUT2D eigenvalue weighted by Gasteiger charge is -2.30. The number of carboxylic acid groups (broad SMARTS) is 3. The first-order valence-corrected chi connectivity index (χ1v) is 13.8. The van der Waals surface area contributed by atoms with Crippen molar-refractivity contribution in [3.63, 3.8) is 0 Å². The summed E-state index contributed by atoms with van der Waals surface area (Å²) >= 11 is 1.80. The van der Waals surface area contributed by atoms with Gasteiger partial charge in [0.05, 0.1) is 13.2 Å². The van der Waals surface area contributed by atoms with Gasteiger partial charge in [-0.25, -0.2) is 14.4 Å². The van der Waals surface area contributed by atoms with Crippen molar-refractivity contribution < 1.29 is 74.0 Å². The number of aromatic nitrogens is 1. The van der Waals surface area contributed by atoms with E-state index in [4.69, 9.17) is 34.4 Å². The maximum Gasteiger partial charge on any atom is 0.490 e. The average molecular weight is 700 g/mol. The third-order valence-electron chi connectivity index (χ3n) is 6.47. The molecule has 2 aromatic heterocycles. The molecule has 0 amide bonds. The van der Waals surface area contributed by atoms with Crippen LogP contribution in [0.1, 0.15) is 17.5 Å². The van der Waals surface area contributed by atoms with E-state index in [2.05, 4.69) is 44.7 Å². The fourth-order valence-corrected chi connectivity index (χ4v) is 5.22. The predicted molar refractivity (Wildman–Crippen MR) is 143 cm³/mol. The van der Waals surface area contributed by atoms with E-state index < -0.39 is 36.4 Å². The molecule has 2 saturated heterocycles. The number of nitrogens with zero attached hydrogens (tertiary/aromatic N) is 3. The van der Waals surface area contributed by atoms with Gasteiger partial charge in [0.1, 0.15) is 0 Å². The number of pyridine rings is 1. The molecule has 0 saturated carbocycles. The van der Waals surface area contributed by atoms with E-state index >= 15 is 0 Å². The molecule has 46 heavy (non-hydrogen) atoms. The molecule has 20 heteroatoms. The molecule has 260 valence electrons. The number of aliphatic carboxylic acids is 3. The number of likely N-dealkylation sites (tertiary alicyclic amines) is 2. The Hall–Kier alpha value is -3.49. The lowest BCUT2D eigenvalue weighted by molar-refractivity contribution is -0.193. The molecular weight excluding hydrogens is 669 g/mol. The van der Waals surface area contributed by atoms with Gasteiger partial charge in [-0.15, -0.1) is 0 Å². The van der Waals surface area contributed by atoms with Crippen molar-refractivity contribution in [2.45, 2.75) is 38.1 Å². The van der Waals surface area contributed by atoms with Gasteiger partial charge in [0.25, 0.3) is 0 Å². The van der Waals surface area contributed by atoms with E-state index in [-0.39, 0.29) is 0 Å². The highest BCUT2D eigenvalue weighted by molar-refractivity contribution is 7.07. The van der Waals surface area contributed by atoms with Crippen LogP contribution in [0, 0.1) is 11.3 Å². The maximum absolute atomic E-state index is 10.6. The van der Waals surface area contributed by atoms with Gasteiger partial charge in [-0.2, -0.15) is 50.9 Å². The van der Waals surface area contributed by atoms with Gasteiger partial charge in [-0.1, -0.05) is 6.07 Å². The summed E-state index contributed by atoms with van der Waals surface area (Å²) in [5.74, 6) is -7.64. The van der Waals surface area contributed by atoms with Crippen molar-refractivity contribution >= 4 is 29.2 Å². The van der Waals surface area contributed by atoms with E-state index in [9.17, 15) is 39.5 Å². The Morgan fingerprint density at radius 3 is 1.91 bits per heavy atom. The highest BCUT2D eigenvalue weighted by atomic mass is 32.1. The lowest BCUT2D eigenvalue weighted by atomic mass is 9.77. The average Bonchev–Trinajstić information content (AvgIpc) is 3.65. The first kappa shape index (κ1) is 40.5. The minimum absolute atomic E-state index is 0.402. The third kappa shape index (κ3) is 14.7. The van der Waals surface area contributed by atoms with E-state index in [1.807, 2.05) is 18.5 Å². The van der Waals surface area contributed by atoms with Gasteiger partial charge in [0.2, 0.25) is 0 Å². The molecule has 0 radical (unpaired) electrons. The Kier molecular flexibility index (Phi) is 15.4. The zero-order chi connectivity index (χ0) is 35.3. The second kappa shape index (κ2) is 17.4. The number of thiophene rings is 1. The number of carbonyl (C=O) groups is 3. The summed E-state index contributed by atoms with van der Waals surface area (Å²) in [6, 6.07) is 6.31. The van der Waals surface area contributed by atoms with Gasteiger partial charge in [0.15, 0.2) is 0 Å². The number of alkyl halides is 9. The summed E-state index contributed by atoms with van der Waals surface area (Å²) in [7, 11) is 2.25. The molecule has 2 aliphatic rings. The highest BCUT2D eigenvalue weighted by Gasteiger charge is 2.49. The van der Waals surface area contributed by atoms with Crippen LogP contribution in [0.3, 0.4) is 0 Å². The molecule has 0 unspecified atom stereocenters. The molecule has 2 aliphatic heterocycles. The number of hydrogen-bond acceptors (Lipinski definition) is 8. The van der Waals surface area contributed by atoms with Gasteiger partial charge in [0, 0.05) is 49.9 Å². The molecule has 1 spiro atoms. The molecule has 2 aromatic rings. The summed E-state index contributed by atoms with van der Waals surface area (Å²) in [5.41, 5.74) is 3.02. The molecule has 2 atom stereocenters. The van der Waals surface area contributed by atoms with Gasteiger partial charge in [-0.3, -0.25) is 9.88 Å². The Morgan fingerprint density at radius 1 is 0.935 bits per heavy atom. The van der Waals surface area contributed by atoms with Crippen LogP contribution >= 0.6 is 11.3 Å². The van der Waals surface area contributed by atoms with Gasteiger partial charge >= 0.3 is 36.4 Å². The monoisotopic (exact) mass is 699 g/mol. The van der Waals surface area contributed by atoms with Crippen molar-refractivity contribution in [2.24, 2.45) is 11.3 Å². The summed E-state index contributed by atoms with van der Waals surface area (Å²) in [6.07, 6.45) is -10.2. The fourth-order valence-electron chi connectivity index (χ4n) is 4.56. The normalized spacial score (nSPS) is 20.1. The van der Waals surface area contributed by atoms with E-state index in [0.29, 0.717) is 17.9 Å². The van der Waals surface area contributed by atoms with Crippen LogP contribution in [-0.4, -0.2) is 106 Å². The smallest absolute Gasteiger partial charge is 0.475 e. The molecule has 10 nitrogen and oxygen atoms in total. The first-order valence-electron chi connectivity index (χ1n) is 12.9. The van der Waals surface area contributed by atoms with E-state index in [0.717, 1.165) is 25.3 Å². The quantitative estimate of drug-likeness (QED) is 0.353. The molecule has 0 bridgehead atoms. The summed E-state index contributed by atoms with van der Waals surface area (Å²) < 4.78 is 101. The molecule has 0 aromatic carbocycles. The molecule has 3 N–H and O–H groups in total. The van der Waals surface area contributed by atoms with Crippen LogP contribution in [0.25, 0.3) is 0 Å². The minimum atomic E-state index is -5.08. The molecule has 0 aliphatic carbocycles. The van der Waals surface area contributed by atoms with E-state index in [1.165, 1.54) is 31.6 Å². The molecule has 4 heterocycles. The largest absolute Gasteiger partial charge is 0.490 e. The second-order valence-corrected chi connectivity index (χ2v) is 10.9. The SMILES string of the molecule is CN1C[C@H](COCc2cccnc2)[C@]2(CCN(Cc3ccsc3)C2)C1.O=C(O)C(F)(F)F.O=C(O)C(F)(F)F.O=C(O)C(F)(F)F. The topological polar surface area (TPSA) is 140 Å². The first-order chi connectivity index (χ1) is 21.1. The van der Waals surface area contributed by atoms with Crippen LogP contribution in [-0.2, 0) is 32.3 Å². The Labute approximate surface area is 260 Å². The van der Waals surface area contributed by atoms with Crippen molar-refractivity contribution in [1.29, 1.82) is 0 Å². The van der Waals surface area contributed by atoms with Gasteiger partial charge in [-0.05, 0) is 54.0 Å².